The number of likely N-dealkylation sites (N-methyl/N-ethyl adjacent to an activating group) is 2. The van der Waals surface area contributed by atoms with E-state index >= 15 is 0 Å². The Labute approximate surface area is 331 Å². The molecule has 16 heteroatoms. The first-order valence-electron chi connectivity index (χ1n) is 19.5. The van der Waals surface area contributed by atoms with Crippen LogP contribution in [0.1, 0.15) is 114 Å². The van der Waals surface area contributed by atoms with Crippen LogP contribution in [0.5, 0.6) is 0 Å². The summed E-state index contributed by atoms with van der Waals surface area (Å²) < 4.78 is 50.2. The average molecular weight is 810 g/mol. The summed E-state index contributed by atoms with van der Waals surface area (Å²) in [5, 5.41) is 19.5. The molecule has 0 spiro atoms. The third kappa shape index (κ3) is 12.4. The molecular formula is C40H58F3N5O7S. The van der Waals surface area contributed by atoms with Crippen molar-refractivity contribution in [2.75, 3.05) is 27.2 Å². The molecule has 1 aromatic heterocycles. The molecule has 0 bridgehead atoms. The van der Waals surface area contributed by atoms with Gasteiger partial charge in [-0.25, -0.2) is 4.98 Å². The quantitative estimate of drug-likeness (QED) is 0.117. The molecule has 12 nitrogen and oxygen atoms in total. The summed E-state index contributed by atoms with van der Waals surface area (Å²) in [5.74, 6) is -1.93. The maximum atomic E-state index is 14.2. The summed E-state index contributed by atoms with van der Waals surface area (Å²) in [6.07, 6.45) is -1.63. The number of methoxy groups -OCH3 is 1. The van der Waals surface area contributed by atoms with Crippen molar-refractivity contribution in [3.8, 4) is 0 Å². The predicted octanol–water partition coefficient (Wildman–Crippen LogP) is 5.80. The van der Waals surface area contributed by atoms with E-state index in [1.807, 2.05) is 20.8 Å². The number of ether oxygens (including phenoxy) is 2. The molecule has 1 saturated heterocycles. The summed E-state index contributed by atoms with van der Waals surface area (Å²) in [6.45, 7) is 10.5. The molecule has 7 atom stereocenters. The molecule has 2 aromatic rings. The minimum Gasteiger partial charge on any atom is -0.469 e. The lowest BCUT2D eigenvalue weighted by atomic mass is 9.95. The first kappa shape index (κ1) is 45.1. The van der Waals surface area contributed by atoms with E-state index in [0.717, 1.165) is 57.3 Å². The maximum absolute atomic E-state index is 14.2. The molecule has 3 N–H and O–H groups in total. The molecule has 1 aliphatic carbocycles. The molecule has 4 rings (SSSR count). The second-order valence-corrected chi connectivity index (χ2v) is 16.4. The lowest BCUT2D eigenvalue weighted by Gasteiger charge is -2.37. The molecule has 1 unspecified atom stereocenters. The van der Waals surface area contributed by atoms with E-state index in [2.05, 4.69) is 20.5 Å². The Morgan fingerprint density at radius 2 is 1.75 bits per heavy atom. The summed E-state index contributed by atoms with van der Waals surface area (Å²) in [7, 11) is 2.98. The summed E-state index contributed by atoms with van der Waals surface area (Å²) in [5.41, 5.74) is -0.00225. The number of aliphatic hydroxyl groups is 1. The number of halogens is 3. The molecule has 2 aliphatic rings. The van der Waals surface area contributed by atoms with Crippen LogP contribution in [0.2, 0.25) is 0 Å². The van der Waals surface area contributed by atoms with Crippen LogP contribution in [0.25, 0.3) is 0 Å². The third-order valence-electron chi connectivity index (χ3n) is 10.9. The molecule has 2 heterocycles. The number of esters is 2. The fraction of sp³-hybridized carbons (Fsp3) is 0.675. The number of piperidine rings is 1. The zero-order chi connectivity index (χ0) is 41.3. The highest BCUT2D eigenvalue weighted by Crippen LogP contribution is 2.36. The number of benzene rings is 1. The molecular weight excluding hydrogens is 752 g/mol. The van der Waals surface area contributed by atoms with Gasteiger partial charge in [-0.15, -0.1) is 11.3 Å². The number of carbonyl (C=O) groups excluding carboxylic acids is 4. The fourth-order valence-electron chi connectivity index (χ4n) is 7.54. The van der Waals surface area contributed by atoms with Crippen molar-refractivity contribution in [1.29, 1.82) is 0 Å². The van der Waals surface area contributed by atoms with Crippen LogP contribution in [0, 0.1) is 17.8 Å². The Morgan fingerprint density at radius 1 is 1.07 bits per heavy atom. The minimum absolute atomic E-state index is 0.0545. The van der Waals surface area contributed by atoms with E-state index in [1.165, 1.54) is 37.5 Å². The van der Waals surface area contributed by atoms with Gasteiger partial charge in [-0.1, -0.05) is 46.2 Å². The van der Waals surface area contributed by atoms with E-state index in [-0.39, 0.29) is 54.6 Å². The molecule has 312 valence electrons. The van der Waals surface area contributed by atoms with Gasteiger partial charge in [0.05, 0.1) is 30.3 Å². The van der Waals surface area contributed by atoms with Crippen LogP contribution < -0.4 is 10.6 Å². The van der Waals surface area contributed by atoms with E-state index in [9.17, 15) is 37.5 Å². The van der Waals surface area contributed by atoms with Gasteiger partial charge in [-0.2, -0.15) is 13.2 Å². The standard InChI is InChI=1S/C40H58F3N5O7S/c1-8-48-18-10-9-11-31(48)36(51)46-34(27-14-15-27)38(52)47(6)32(23(2)3)21-33(55-25(5)49)37-45-30(22-56-37)35(50)44-29(19-24(4)39(53)54-7)20-26-12-16-28(17-13-26)40(41,42)43/h12-13,16-17,22-24,27,29,31-35,44,50H,8-11,14-15,18-21H2,1-7H3,(H,46,51)/t24-,29+,31+,32+,33+,34-,35?/m0/s1. The number of carbonyl (C=O) groups is 4. The molecule has 1 aromatic carbocycles. The molecule has 2 amide bonds. The lowest BCUT2D eigenvalue weighted by molar-refractivity contribution is -0.149. The van der Waals surface area contributed by atoms with Gasteiger partial charge in [0.2, 0.25) is 11.8 Å². The van der Waals surface area contributed by atoms with Crippen molar-refractivity contribution in [1.82, 2.24) is 25.4 Å². The Balaban J connectivity index is 1.50. The van der Waals surface area contributed by atoms with Crippen molar-refractivity contribution in [2.45, 2.75) is 129 Å². The van der Waals surface area contributed by atoms with E-state index in [0.29, 0.717) is 10.6 Å². The zero-order valence-corrected chi connectivity index (χ0v) is 34.3. The number of thiazole rings is 1. The second-order valence-electron chi connectivity index (χ2n) is 15.5. The Hall–Kier alpha value is -3.60. The van der Waals surface area contributed by atoms with E-state index < -0.39 is 60.1 Å². The normalized spacial score (nSPS) is 19.7. The molecule has 1 saturated carbocycles. The number of amides is 2. The maximum Gasteiger partial charge on any atom is 0.416 e. The third-order valence-corrected chi connectivity index (χ3v) is 11.8. The van der Waals surface area contributed by atoms with Crippen LogP contribution in [-0.4, -0.2) is 95.1 Å². The van der Waals surface area contributed by atoms with Crippen molar-refractivity contribution in [2.24, 2.45) is 17.8 Å². The van der Waals surface area contributed by atoms with Crippen LogP contribution in [0.15, 0.2) is 29.6 Å². The summed E-state index contributed by atoms with van der Waals surface area (Å²) in [4.78, 5) is 60.8. The number of aliphatic hydroxyl groups excluding tert-OH is 1. The van der Waals surface area contributed by atoms with Crippen LogP contribution in [0.3, 0.4) is 0 Å². The Morgan fingerprint density at radius 3 is 2.32 bits per heavy atom. The van der Waals surface area contributed by atoms with Crippen LogP contribution in [0.4, 0.5) is 13.2 Å². The smallest absolute Gasteiger partial charge is 0.416 e. The summed E-state index contributed by atoms with van der Waals surface area (Å²) in [6, 6.07) is 2.80. The van der Waals surface area contributed by atoms with Gasteiger partial charge < -0.3 is 24.8 Å². The molecule has 1 aliphatic heterocycles. The number of aromatic nitrogens is 1. The molecule has 2 fully saturated rings. The largest absolute Gasteiger partial charge is 0.469 e. The van der Waals surface area contributed by atoms with Crippen molar-refractivity contribution in [3.63, 3.8) is 0 Å². The SMILES string of the molecule is CCN1CCCC[C@@H]1C(=O)N[C@H](C(=O)N(C)[C@H](C[C@@H](OC(C)=O)c1nc(C(O)N[C@@H](Cc2ccc(C(F)(F)F)cc2)C[C@H](C)C(=O)OC)cs1)C(C)C)C1CC1. The number of rotatable bonds is 19. The fourth-order valence-corrected chi connectivity index (χ4v) is 8.41. The van der Waals surface area contributed by atoms with Crippen molar-refractivity contribution >= 4 is 35.1 Å². The van der Waals surface area contributed by atoms with E-state index in [4.69, 9.17) is 9.47 Å². The second kappa shape index (κ2) is 20.2. The number of hydrogen-bond acceptors (Lipinski definition) is 11. The van der Waals surface area contributed by atoms with Crippen LogP contribution in [-0.2, 0) is 41.2 Å². The first-order chi connectivity index (χ1) is 26.4. The highest BCUT2D eigenvalue weighted by molar-refractivity contribution is 7.09. The minimum atomic E-state index is -4.49. The van der Waals surface area contributed by atoms with E-state index in [1.54, 1.807) is 24.3 Å². The number of nitrogens with zero attached hydrogens (tertiary/aromatic N) is 3. The van der Waals surface area contributed by atoms with Gasteiger partial charge in [-0.3, -0.25) is 29.4 Å². The van der Waals surface area contributed by atoms with Crippen molar-refractivity contribution < 1.29 is 46.9 Å². The highest BCUT2D eigenvalue weighted by Gasteiger charge is 2.43. The number of alkyl halides is 3. The monoisotopic (exact) mass is 809 g/mol. The van der Waals surface area contributed by atoms with Crippen LogP contribution >= 0.6 is 11.3 Å². The first-order valence-corrected chi connectivity index (χ1v) is 20.4. The van der Waals surface area contributed by atoms with Gasteiger partial charge in [0.15, 0.2) is 6.10 Å². The number of likely N-dealkylation sites (tertiary alicyclic amines) is 1. The highest BCUT2D eigenvalue weighted by atomic mass is 32.1. The number of nitrogens with one attached hydrogen (secondary N) is 2. The van der Waals surface area contributed by atoms with Gasteiger partial charge in [-0.05, 0) is 81.1 Å². The molecule has 56 heavy (non-hydrogen) atoms. The van der Waals surface area contributed by atoms with Gasteiger partial charge in [0.1, 0.15) is 17.3 Å². The summed E-state index contributed by atoms with van der Waals surface area (Å²) >= 11 is 1.17. The van der Waals surface area contributed by atoms with Gasteiger partial charge in [0.25, 0.3) is 0 Å². The number of hydrogen-bond donors (Lipinski definition) is 3. The predicted molar refractivity (Wildman–Crippen MR) is 205 cm³/mol. The van der Waals surface area contributed by atoms with Gasteiger partial charge >= 0.3 is 18.1 Å². The van der Waals surface area contributed by atoms with Gasteiger partial charge in [0, 0.05) is 37.9 Å². The Bertz CT molecular complexity index is 1620. The molecule has 0 radical (unpaired) electrons. The topological polar surface area (TPSA) is 150 Å². The van der Waals surface area contributed by atoms with Crippen molar-refractivity contribution in [3.05, 3.63) is 51.5 Å². The zero-order valence-electron chi connectivity index (χ0n) is 33.4. The lowest BCUT2D eigenvalue weighted by Crippen LogP contribution is -2.57. The average Bonchev–Trinajstić information content (AvgIpc) is 3.88. The Kier molecular flexibility index (Phi) is 16.3.